The summed E-state index contributed by atoms with van der Waals surface area (Å²) >= 11 is 0. The van der Waals surface area contributed by atoms with Gasteiger partial charge in [0.1, 0.15) is 23.1 Å². The first-order valence-corrected chi connectivity index (χ1v) is 12.7. The van der Waals surface area contributed by atoms with E-state index in [4.69, 9.17) is 4.74 Å². The highest BCUT2D eigenvalue weighted by Gasteiger charge is 2.39. The summed E-state index contributed by atoms with van der Waals surface area (Å²) in [4.78, 5) is 49.1. The van der Waals surface area contributed by atoms with Crippen LogP contribution in [0.25, 0.3) is 0 Å². The molecule has 206 valence electrons. The lowest BCUT2D eigenvalue weighted by Crippen LogP contribution is -2.63. The number of pyridine rings is 2. The van der Waals surface area contributed by atoms with Crippen LogP contribution in [0.1, 0.15) is 36.7 Å². The third kappa shape index (κ3) is 6.68. The molecule has 1 atom stereocenters. The van der Waals surface area contributed by atoms with Crippen molar-refractivity contribution in [1.82, 2.24) is 25.1 Å². The number of H-pyrrole nitrogens is 1. The largest absolute Gasteiger partial charge is 0.456 e. The van der Waals surface area contributed by atoms with Crippen molar-refractivity contribution in [3.05, 3.63) is 82.2 Å². The van der Waals surface area contributed by atoms with Crippen LogP contribution in [0.2, 0.25) is 0 Å². The standard InChI is InChI=1S/C28H33FN6O4/c1-18(25(36)33-24-10-9-23(16-31-24)39-22-7-5-21(29)6-8-22)34-11-12-35(28(2,3)17-34)27(38)20-13-19(14-30-4)26(37)32-15-20/h5-10,13,15-16,18,30H,11-12,14,17H2,1-4H3,(H,32,37)(H,31,33,36)/t18-/m1/s1. The molecule has 0 unspecified atom stereocenters. The van der Waals surface area contributed by atoms with Crippen LogP contribution in [0.15, 0.2) is 59.7 Å². The van der Waals surface area contributed by atoms with E-state index in [1.165, 1.54) is 36.7 Å². The number of nitrogens with zero attached hydrogens (tertiary/aromatic N) is 3. The molecule has 1 aliphatic heterocycles. The average molecular weight is 537 g/mol. The number of rotatable bonds is 8. The van der Waals surface area contributed by atoms with Gasteiger partial charge in [-0.25, -0.2) is 9.37 Å². The Morgan fingerprint density at radius 2 is 1.87 bits per heavy atom. The van der Waals surface area contributed by atoms with Crippen LogP contribution in [0.5, 0.6) is 11.5 Å². The molecule has 0 radical (unpaired) electrons. The molecule has 1 saturated heterocycles. The zero-order chi connectivity index (χ0) is 28.2. The smallest absolute Gasteiger partial charge is 0.255 e. The van der Waals surface area contributed by atoms with Gasteiger partial charge in [-0.15, -0.1) is 0 Å². The molecule has 11 heteroatoms. The molecule has 0 bridgehead atoms. The fraction of sp³-hybridized carbons (Fsp3) is 0.357. The minimum atomic E-state index is -0.555. The second-order valence-electron chi connectivity index (χ2n) is 10.1. The summed E-state index contributed by atoms with van der Waals surface area (Å²) in [5.74, 6) is 0.567. The van der Waals surface area contributed by atoms with E-state index >= 15 is 0 Å². The molecule has 1 fully saturated rings. The Bertz CT molecular complexity index is 1370. The van der Waals surface area contributed by atoms with E-state index < -0.39 is 11.6 Å². The summed E-state index contributed by atoms with van der Waals surface area (Å²) in [6.07, 6.45) is 2.93. The molecule has 39 heavy (non-hydrogen) atoms. The second-order valence-corrected chi connectivity index (χ2v) is 10.1. The summed E-state index contributed by atoms with van der Waals surface area (Å²) < 4.78 is 18.7. The van der Waals surface area contributed by atoms with Crippen LogP contribution in [-0.4, -0.2) is 69.8 Å². The molecular weight excluding hydrogens is 503 g/mol. The first-order valence-electron chi connectivity index (χ1n) is 12.7. The molecular formula is C28H33FN6O4. The molecule has 0 spiro atoms. The minimum absolute atomic E-state index is 0.169. The van der Waals surface area contributed by atoms with E-state index in [2.05, 4.69) is 20.6 Å². The van der Waals surface area contributed by atoms with Crippen LogP contribution < -0.4 is 20.9 Å². The van der Waals surface area contributed by atoms with Gasteiger partial charge in [0, 0.05) is 37.9 Å². The molecule has 1 aliphatic rings. The van der Waals surface area contributed by atoms with Crippen molar-refractivity contribution < 1.29 is 18.7 Å². The first-order chi connectivity index (χ1) is 18.6. The van der Waals surface area contributed by atoms with E-state index in [0.29, 0.717) is 54.6 Å². The van der Waals surface area contributed by atoms with Crippen molar-refractivity contribution in [2.45, 2.75) is 38.9 Å². The number of benzene rings is 1. The molecule has 3 aromatic rings. The highest BCUT2D eigenvalue weighted by molar-refractivity contribution is 5.95. The number of aromatic amines is 1. The van der Waals surface area contributed by atoms with Crippen LogP contribution in [0.4, 0.5) is 10.2 Å². The number of hydrogen-bond donors (Lipinski definition) is 3. The maximum absolute atomic E-state index is 13.3. The molecule has 1 aromatic carbocycles. The van der Waals surface area contributed by atoms with Crippen molar-refractivity contribution in [3.8, 4) is 11.5 Å². The summed E-state index contributed by atoms with van der Waals surface area (Å²) in [7, 11) is 1.74. The van der Waals surface area contributed by atoms with E-state index in [1.54, 1.807) is 30.1 Å². The predicted octanol–water partition coefficient (Wildman–Crippen LogP) is 2.98. The van der Waals surface area contributed by atoms with Gasteiger partial charge in [0.05, 0.1) is 23.3 Å². The van der Waals surface area contributed by atoms with Gasteiger partial charge in [-0.2, -0.15) is 0 Å². The summed E-state index contributed by atoms with van der Waals surface area (Å²) in [5.41, 5.74) is 0.133. The van der Waals surface area contributed by atoms with E-state index in [1.807, 2.05) is 25.7 Å². The Kier molecular flexibility index (Phi) is 8.41. The third-order valence-electron chi connectivity index (χ3n) is 6.74. The molecule has 4 rings (SSSR count). The minimum Gasteiger partial charge on any atom is -0.456 e. The SMILES string of the molecule is CNCc1cc(C(=O)N2CCN([C@H](C)C(=O)Nc3ccc(Oc4ccc(F)cc4)cn3)CC2(C)C)c[nH]c1=O. The van der Waals surface area contributed by atoms with E-state index in [-0.39, 0.29) is 23.2 Å². The average Bonchev–Trinajstić information content (AvgIpc) is 2.91. The van der Waals surface area contributed by atoms with Gasteiger partial charge >= 0.3 is 0 Å². The molecule has 0 aliphatic carbocycles. The Morgan fingerprint density at radius 1 is 1.15 bits per heavy atom. The molecule has 2 amide bonds. The fourth-order valence-electron chi connectivity index (χ4n) is 4.58. The van der Waals surface area contributed by atoms with Crippen LogP contribution >= 0.6 is 0 Å². The monoisotopic (exact) mass is 536 g/mol. The van der Waals surface area contributed by atoms with Crippen LogP contribution in [0.3, 0.4) is 0 Å². The van der Waals surface area contributed by atoms with Crippen molar-refractivity contribution in [3.63, 3.8) is 0 Å². The van der Waals surface area contributed by atoms with Crippen molar-refractivity contribution in [2.75, 3.05) is 32.0 Å². The maximum atomic E-state index is 13.3. The second kappa shape index (κ2) is 11.7. The number of hydrogen-bond acceptors (Lipinski definition) is 7. The Balaban J connectivity index is 1.36. The molecule has 3 heterocycles. The number of halogens is 1. The summed E-state index contributed by atoms with van der Waals surface area (Å²) in [6.45, 7) is 7.52. The lowest BCUT2D eigenvalue weighted by atomic mass is 9.96. The topological polar surface area (TPSA) is 120 Å². The first kappa shape index (κ1) is 27.9. The van der Waals surface area contributed by atoms with Gasteiger partial charge in [0.25, 0.3) is 11.5 Å². The highest BCUT2D eigenvalue weighted by atomic mass is 19.1. The van der Waals surface area contributed by atoms with Crippen LogP contribution in [0, 0.1) is 5.82 Å². The number of nitrogens with one attached hydrogen (secondary N) is 3. The van der Waals surface area contributed by atoms with Gasteiger partial charge < -0.3 is 25.3 Å². The number of carbonyl (C=O) groups excluding carboxylic acids is 2. The zero-order valence-corrected chi connectivity index (χ0v) is 22.5. The summed E-state index contributed by atoms with van der Waals surface area (Å²) in [6, 6.07) is 10.1. The van der Waals surface area contributed by atoms with E-state index in [9.17, 15) is 18.8 Å². The Hall–Kier alpha value is -4.09. The lowest BCUT2D eigenvalue weighted by Gasteiger charge is -2.48. The normalized spacial score (nSPS) is 16.0. The molecule has 3 N–H and O–H groups in total. The Morgan fingerprint density at radius 3 is 2.51 bits per heavy atom. The third-order valence-corrected chi connectivity index (χ3v) is 6.74. The van der Waals surface area contributed by atoms with Gasteiger partial charge in [-0.05, 0) is 70.3 Å². The van der Waals surface area contributed by atoms with Crippen molar-refractivity contribution in [1.29, 1.82) is 0 Å². The van der Waals surface area contributed by atoms with Crippen molar-refractivity contribution in [2.24, 2.45) is 0 Å². The predicted molar refractivity (Wildman–Crippen MR) is 145 cm³/mol. The molecule has 10 nitrogen and oxygen atoms in total. The fourth-order valence-corrected chi connectivity index (χ4v) is 4.58. The van der Waals surface area contributed by atoms with Gasteiger partial charge in [-0.3, -0.25) is 19.3 Å². The van der Waals surface area contributed by atoms with Crippen molar-refractivity contribution >= 4 is 17.6 Å². The number of amides is 2. The lowest BCUT2D eigenvalue weighted by molar-refractivity contribution is -0.122. The van der Waals surface area contributed by atoms with Gasteiger partial charge in [0.15, 0.2) is 0 Å². The quantitative estimate of drug-likeness (QED) is 0.405. The highest BCUT2D eigenvalue weighted by Crippen LogP contribution is 2.26. The molecule has 0 saturated carbocycles. The van der Waals surface area contributed by atoms with Gasteiger partial charge in [0.2, 0.25) is 5.91 Å². The zero-order valence-electron chi connectivity index (χ0n) is 22.5. The van der Waals surface area contributed by atoms with E-state index in [0.717, 1.165) is 0 Å². The Labute approximate surface area is 226 Å². The van der Waals surface area contributed by atoms with Crippen LogP contribution in [-0.2, 0) is 11.3 Å². The number of carbonyl (C=O) groups is 2. The number of piperazine rings is 1. The molecule has 2 aromatic heterocycles. The summed E-state index contributed by atoms with van der Waals surface area (Å²) in [5, 5.41) is 5.77. The van der Waals surface area contributed by atoms with Gasteiger partial charge in [-0.1, -0.05) is 0 Å². The number of ether oxygens (including phenoxy) is 1. The maximum Gasteiger partial charge on any atom is 0.255 e. The number of aromatic nitrogens is 2. The number of anilines is 1.